The first kappa shape index (κ1) is 25.1. The van der Waals surface area contributed by atoms with E-state index in [9.17, 15) is 15.0 Å². The molecule has 180 valence electrons. The first-order valence-corrected chi connectivity index (χ1v) is 11.4. The molecule has 1 aromatic heterocycles. The minimum absolute atomic E-state index is 0.00129. The molecule has 0 saturated carbocycles. The molecule has 4 N–H and O–H groups in total. The highest BCUT2D eigenvalue weighted by Crippen LogP contribution is 2.42. The van der Waals surface area contributed by atoms with Crippen LogP contribution in [-0.2, 0) is 19.3 Å². The van der Waals surface area contributed by atoms with Crippen LogP contribution in [0.1, 0.15) is 44.4 Å². The molecule has 1 heterocycles. The minimum atomic E-state index is -0.487. The van der Waals surface area contributed by atoms with E-state index in [1.165, 1.54) is 7.11 Å². The van der Waals surface area contributed by atoms with Crippen molar-refractivity contribution in [3.8, 4) is 28.6 Å². The Labute approximate surface area is 200 Å². The molecule has 0 spiro atoms. The summed E-state index contributed by atoms with van der Waals surface area (Å²) in [5.74, 6) is -0.115. The van der Waals surface area contributed by atoms with Crippen molar-refractivity contribution in [2.75, 3.05) is 13.7 Å². The normalized spacial score (nSPS) is 10.9. The standard InChI is InChI=1S/C28H33NO5/c1-16(2)6-12-20-23(30)21(13-7-17(3)4)27-22(24(20)31)25(32)28(33-5)26(34-27)19-10-8-18(9-11-19)14-15-29/h6-11,30-31H,12-15,29H2,1-5H3. The summed E-state index contributed by atoms with van der Waals surface area (Å²) in [5, 5.41) is 22.2. The van der Waals surface area contributed by atoms with Gasteiger partial charge < -0.3 is 25.1 Å². The van der Waals surface area contributed by atoms with E-state index in [0.29, 0.717) is 29.7 Å². The fourth-order valence-electron chi connectivity index (χ4n) is 3.86. The third-order valence-corrected chi connectivity index (χ3v) is 5.72. The SMILES string of the molecule is COc1c(-c2ccc(CCN)cc2)oc2c(CC=C(C)C)c(O)c(CC=C(C)C)c(O)c2c1=O. The molecule has 3 aromatic rings. The summed E-state index contributed by atoms with van der Waals surface area (Å²) in [6.07, 6.45) is 5.20. The van der Waals surface area contributed by atoms with Crippen LogP contribution in [0.5, 0.6) is 17.2 Å². The van der Waals surface area contributed by atoms with Gasteiger partial charge >= 0.3 is 0 Å². The Hall–Kier alpha value is -3.51. The Kier molecular flexibility index (Phi) is 7.84. The zero-order valence-corrected chi connectivity index (χ0v) is 20.5. The zero-order chi connectivity index (χ0) is 25.0. The Balaban J connectivity index is 2.38. The van der Waals surface area contributed by atoms with Crippen molar-refractivity contribution < 1.29 is 19.4 Å². The number of hydrogen-bond acceptors (Lipinski definition) is 6. The molecule has 0 saturated heterocycles. The number of methoxy groups -OCH3 is 1. The van der Waals surface area contributed by atoms with Crippen molar-refractivity contribution in [3.63, 3.8) is 0 Å². The summed E-state index contributed by atoms with van der Waals surface area (Å²) in [4.78, 5) is 13.6. The molecule has 0 fully saturated rings. The van der Waals surface area contributed by atoms with Gasteiger partial charge in [0, 0.05) is 16.7 Å². The molecular weight excluding hydrogens is 430 g/mol. The molecule has 0 atom stereocenters. The van der Waals surface area contributed by atoms with Gasteiger partial charge in [0.15, 0.2) is 5.76 Å². The molecule has 34 heavy (non-hydrogen) atoms. The summed E-state index contributed by atoms with van der Waals surface area (Å²) < 4.78 is 11.7. The van der Waals surface area contributed by atoms with Crippen LogP contribution in [0.3, 0.4) is 0 Å². The van der Waals surface area contributed by atoms with Gasteiger partial charge in [-0.2, -0.15) is 0 Å². The Morgan fingerprint density at radius 1 is 0.971 bits per heavy atom. The van der Waals surface area contributed by atoms with E-state index in [0.717, 1.165) is 23.1 Å². The average molecular weight is 464 g/mol. The topological polar surface area (TPSA) is 106 Å². The van der Waals surface area contributed by atoms with Gasteiger partial charge in [-0.1, -0.05) is 47.6 Å². The van der Waals surface area contributed by atoms with Gasteiger partial charge in [-0.25, -0.2) is 0 Å². The van der Waals surface area contributed by atoms with Gasteiger partial charge in [-0.05, 0) is 59.1 Å². The molecule has 0 radical (unpaired) electrons. The highest BCUT2D eigenvalue weighted by atomic mass is 16.5. The number of benzene rings is 2. The van der Waals surface area contributed by atoms with E-state index in [-0.39, 0.29) is 40.4 Å². The van der Waals surface area contributed by atoms with Crippen LogP contribution >= 0.6 is 0 Å². The van der Waals surface area contributed by atoms with Crippen LogP contribution in [0.4, 0.5) is 0 Å². The van der Waals surface area contributed by atoms with Gasteiger partial charge in [0.25, 0.3) is 0 Å². The van der Waals surface area contributed by atoms with Crippen LogP contribution in [-0.4, -0.2) is 23.9 Å². The number of rotatable bonds is 8. The number of phenols is 2. The monoisotopic (exact) mass is 463 g/mol. The molecule has 0 aliphatic rings. The second-order valence-corrected chi connectivity index (χ2v) is 8.86. The van der Waals surface area contributed by atoms with E-state index >= 15 is 0 Å². The van der Waals surface area contributed by atoms with Crippen molar-refractivity contribution in [3.05, 3.63) is 74.5 Å². The number of hydrogen-bond donors (Lipinski definition) is 3. The summed E-state index contributed by atoms with van der Waals surface area (Å²) in [6.45, 7) is 8.31. The third-order valence-electron chi connectivity index (χ3n) is 5.72. The van der Waals surface area contributed by atoms with Crippen molar-refractivity contribution in [2.45, 2.75) is 47.0 Å². The van der Waals surface area contributed by atoms with Crippen molar-refractivity contribution in [1.29, 1.82) is 0 Å². The number of allylic oxidation sites excluding steroid dienone is 4. The average Bonchev–Trinajstić information content (AvgIpc) is 2.78. The quantitative estimate of drug-likeness (QED) is 0.386. The molecule has 6 nitrogen and oxygen atoms in total. The predicted molar refractivity (Wildman–Crippen MR) is 137 cm³/mol. The molecule has 0 aliphatic heterocycles. The maximum Gasteiger partial charge on any atom is 0.239 e. The van der Waals surface area contributed by atoms with Gasteiger partial charge in [0.05, 0.1) is 7.11 Å². The first-order chi connectivity index (χ1) is 16.2. The molecule has 6 heteroatoms. The van der Waals surface area contributed by atoms with Crippen molar-refractivity contribution in [1.82, 2.24) is 0 Å². The number of aromatic hydroxyl groups is 2. The lowest BCUT2D eigenvalue weighted by Crippen LogP contribution is -2.10. The largest absolute Gasteiger partial charge is 0.507 e. The summed E-state index contributed by atoms with van der Waals surface area (Å²) in [5.41, 5.74) is 9.86. The van der Waals surface area contributed by atoms with Gasteiger partial charge in [-0.15, -0.1) is 0 Å². The maximum absolute atomic E-state index is 13.6. The molecular formula is C28H33NO5. The van der Waals surface area contributed by atoms with Crippen LogP contribution in [0.15, 0.2) is 56.8 Å². The van der Waals surface area contributed by atoms with Crippen LogP contribution in [0.25, 0.3) is 22.3 Å². The Morgan fingerprint density at radius 2 is 1.56 bits per heavy atom. The van der Waals surface area contributed by atoms with Crippen molar-refractivity contribution in [2.24, 2.45) is 5.73 Å². The van der Waals surface area contributed by atoms with Crippen LogP contribution in [0.2, 0.25) is 0 Å². The molecule has 0 unspecified atom stereocenters. The third kappa shape index (κ3) is 5.02. The van der Waals surface area contributed by atoms with E-state index < -0.39 is 5.43 Å². The number of nitrogens with two attached hydrogens (primary N) is 1. The number of phenolic OH excluding ortho intramolecular Hbond substituents is 2. The smallest absolute Gasteiger partial charge is 0.239 e. The Morgan fingerprint density at radius 3 is 2.09 bits per heavy atom. The maximum atomic E-state index is 13.6. The first-order valence-electron chi connectivity index (χ1n) is 11.4. The second-order valence-electron chi connectivity index (χ2n) is 8.86. The fourth-order valence-corrected chi connectivity index (χ4v) is 3.86. The summed E-state index contributed by atoms with van der Waals surface area (Å²) in [6, 6.07) is 7.54. The van der Waals surface area contributed by atoms with E-state index in [2.05, 4.69) is 0 Å². The zero-order valence-electron chi connectivity index (χ0n) is 20.5. The van der Waals surface area contributed by atoms with Gasteiger partial charge in [0.2, 0.25) is 11.2 Å². The lowest BCUT2D eigenvalue weighted by Gasteiger charge is -2.16. The number of ether oxygens (including phenoxy) is 1. The summed E-state index contributed by atoms with van der Waals surface area (Å²) in [7, 11) is 1.40. The number of fused-ring (bicyclic) bond motifs is 1. The lowest BCUT2D eigenvalue weighted by molar-refractivity contribution is 0.396. The van der Waals surface area contributed by atoms with Gasteiger partial charge in [0.1, 0.15) is 22.5 Å². The fraction of sp³-hybridized carbons (Fsp3) is 0.321. The van der Waals surface area contributed by atoms with Crippen LogP contribution < -0.4 is 15.9 Å². The van der Waals surface area contributed by atoms with Crippen molar-refractivity contribution >= 4 is 11.0 Å². The molecule has 3 rings (SSSR count). The predicted octanol–water partition coefficient (Wildman–Crippen LogP) is 5.40. The highest BCUT2D eigenvalue weighted by molar-refractivity contribution is 5.93. The van der Waals surface area contributed by atoms with Crippen LogP contribution in [0, 0.1) is 0 Å². The molecule has 0 bridgehead atoms. The van der Waals surface area contributed by atoms with E-state index in [4.69, 9.17) is 14.9 Å². The summed E-state index contributed by atoms with van der Waals surface area (Å²) >= 11 is 0. The Bertz CT molecular complexity index is 1310. The van der Waals surface area contributed by atoms with E-state index in [1.807, 2.05) is 64.1 Å². The minimum Gasteiger partial charge on any atom is -0.507 e. The second kappa shape index (κ2) is 10.6. The van der Waals surface area contributed by atoms with E-state index in [1.54, 1.807) is 0 Å². The molecule has 2 aromatic carbocycles. The molecule has 0 aliphatic carbocycles. The lowest BCUT2D eigenvalue weighted by atomic mass is 9.96. The van der Waals surface area contributed by atoms with Gasteiger partial charge in [-0.3, -0.25) is 4.79 Å². The molecule has 0 amide bonds. The highest BCUT2D eigenvalue weighted by Gasteiger charge is 2.26.